The first-order valence-corrected chi connectivity index (χ1v) is 8.47. The topological polar surface area (TPSA) is 37.4 Å². The molecular formula is C19H25NO2. The van der Waals surface area contributed by atoms with Gasteiger partial charge < -0.3 is 4.90 Å². The normalized spacial score (nSPS) is 20.4. The number of carbonyl (C=O) groups excluding carboxylic acids is 2. The monoisotopic (exact) mass is 299 g/mol. The van der Waals surface area contributed by atoms with E-state index in [0.29, 0.717) is 11.5 Å². The van der Waals surface area contributed by atoms with E-state index < -0.39 is 0 Å². The number of likely N-dealkylation sites (N-methyl/N-ethyl adjacent to an activating group) is 1. The maximum absolute atomic E-state index is 12.9. The van der Waals surface area contributed by atoms with Crippen LogP contribution >= 0.6 is 0 Å². The van der Waals surface area contributed by atoms with Gasteiger partial charge >= 0.3 is 0 Å². The molecule has 3 nitrogen and oxygen atoms in total. The first-order valence-electron chi connectivity index (χ1n) is 8.47. The lowest BCUT2D eigenvalue weighted by atomic mass is 9.77. The van der Waals surface area contributed by atoms with Crippen LogP contribution in [0.4, 0.5) is 0 Å². The van der Waals surface area contributed by atoms with Crippen molar-refractivity contribution >= 4 is 11.7 Å². The average Bonchev–Trinajstić information content (AvgIpc) is 3.37. The van der Waals surface area contributed by atoms with Crippen molar-refractivity contribution in [2.45, 2.75) is 44.9 Å². The quantitative estimate of drug-likeness (QED) is 0.778. The fourth-order valence-corrected chi connectivity index (χ4v) is 3.97. The second kappa shape index (κ2) is 6.23. The highest BCUT2D eigenvalue weighted by Gasteiger charge is 2.56. The Bertz CT molecular complexity index is 542. The molecule has 0 bridgehead atoms. The minimum atomic E-state index is -0.133. The lowest BCUT2D eigenvalue weighted by Crippen LogP contribution is -2.41. The van der Waals surface area contributed by atoms with Gasteiger partial charge in [0.05, 0.1) is 12.0 Å². The number of carbonyl (C=O) groups is 2. The fraction of sp³-hybridized carbons (Fsp3) is 0.579. The zero-order valence-corrected chi connectivity index (χ0v) is 13.4. The minimum absolute atomic E-state index is 0.0240. The molecule has 0 aromatic heterocycles. The Morgan fingerprint density at radius 1 is 1.09 bits per heavy atom. The molecule has 3 rings (SSSR count). The molecule has 0 unspecified atom stereocenters. The second-order valence-corrected chi connectivity index (χ2v) is 6.94. The van der Waals surface area contributed by atoms with Gasteiger partial charge in [0.1, 0.15) is 0 Å². The average molecular weight is 299 g/mol. The van der Waals surface area contributed by atoms with Gasteiger partial charge in [0, 0.05) is 12.6 Å². The van der Waals surface area contributed by atoms with Crippen LogP contribution in [0, 0.1) is 11.3 Å². The number of nitrogens with zero attached hydrogens (tertiary/aromatic N) is 1. The molecule has 0 atom stereocenters. The standard InChI is InChI=1S/C19H25NO2/c1-20(14-17(21)15-8-4-2-5-9-15)18(22)19(12-13-19)16-10-6-3-7-11-16/h2,4-5,8-9,16H,3,6-7,10-14H2,1H3. The molecule has 2 aliphatic carbocycles. The van der Waals surface area contributed by atoms with Crippen molar-refractivity contribution in [3.63, 3.8) is 0 Å². The summed E-state index contributed by atoms with van der Waals surface area (Å²) in [4.78, 5) is 26.8. The summed E-state index contributed by atoms with van der Waals surface area (Å²) in [6.07, 6.45) is 8.22. The van der Waals surface area contributed by atoms with Gasteiger partial charge in [0.15, 0.2) is 5.78 Å². The van der Waals surface area contributed by atoms with Crippen LogP contribution in [0.2, 0.25) is 0 Å². The summed E-state index contributed by atoms with van der Waals surface area (Å²) in [5.41, 5.74) is 0.552. The Balaban J connectivity index is 1.63. The third-order valence-corrected chi connectivity index (χ3v) is 5.42. The number of benzene rings is 1. The van der Waals surface area contributed by atoms with E-state index in [9.17, 15) is 9.59 Å². The molecule has 0 aliphatic heterocycles. The van der Waals surface area contributed by atoms with Crippen LogP contribution in [0.1, 0.15) is 55.3 Å². The molecule has 0 heterocycles. The van der Waals surface area contributed by atoms with E-state index in [1.165, 1.54) is 32.1 Å². The molecule has 1 amide bonds. The molecule has 3 heteroatoms. The van der Waals surface area contributed by atoms with Crippen LogP contribution in [0.25, 0.3) is 0 Å². The Kier molecular flexibility index (Phi) is 4.32. The maximum atomic E-state index is 12.9. The number of ketones is 1. The van der Waals surface area contributed by atoms with E-state index in [4.69, 9.17) is 0 Å². The van der Waals surface area contributed by atoms with Crippen molar-refractivity contribution in [2.75, 3.05) is 13.6 Å². The van der Waals surface area contributed by atoms with E-state index in [1.54, 1.807) is 11.9 Å². The maximum Gasteiger partial charge on any atom is 0.229 e. The van der Waals surface area contributed by atoms with E-state index in [-0.39, 0.29) is 23.7 Å². The van der Waals surface area contributed by atoms with Crippen LogP contribution < -0.4 is 0 Å². The van der Waals surface area contributed by atoms with Crippen molar-refractivity contribution in [1.82, 2.24) is 4.90 Å². The van der Waals surface area contributed by atoms with E-state index in [2.05, 4.69) is 0 Å². The second-order valence-electron chi connectivity index (χ2n) is 6.94. The highest BCUT2D eigenvalue weighted by Crippen LogP contribution is 2.57. The van der Waals surface area contributed by atoms with Gasteiger partial charge in [-0.1, -0.05) is 49.6 Å². The van der Waals surface area contributed by atoms with E-state index in [0.717, 1.165) is 12.8 Å². The minimum Gasteiger partial charge on any atom is -0.338 e. The highest BCUT2D eigenvalue weighted by molar-refractivity contribution is 6.00. The summed E-state index contributed by atoms with van der Waals surface area (Å²) in [6.45, 7) is 0.192. The smallest absolute Gasteiger partial charge is 0.229 e. The molecule has 1 aromatic carbocycles. The molecule has 2 saturated carbocycles. The first kappa shape index (κ1) is 15.3. The molecule has 2 aliphatic rings. The predicted molar refractivity (Wildman–Crippen MR) is 86.7 cm³/mol. The van der Waals surface area contributed by atoms with Crippen molar-refractivity contribution in [2.24, 2.45) is 11.3 Å². The lowest BCUT2D eigenvalue weighted by molar-refractivity contribution is -0.138. The van der Waals surface area contributed by atoms with Crippen LogP contribution in [0.3, 0.4) is 0 Å². The van der Waals surface area contributed by atoms with Crippen molar-refractivity contribution in [3.8, 4) is 0 Å². The SMILES string of the molecule is CN(CC(=O)c1ccccc1)C(=O)C1(C2CCCCC2)CC1. The number of hydrogen-bond donors (Lipinski definition) is 0. The third-order valence-electron chi connectivity index (χ3n) is 5.42. The van der Waals surface area contributed by atoms with Gasteiger partial charge in [0.25, 0.3) is 0 Å². The fourth-order valence-electron chi connectivity index (χ4n) is 3.97. The van der Waals surface area contributed by atoms with Crippen LogP contribution in [0.15, 0.2) is 30.3 Å². The first-order chi connectivity index (χ1) is 10.6. The Morgan fingerprint density at radius 3 is 2.32 bits per heavy atom. The predicted octanol–water partition coefficient (Wildman–Crippen LogP) is 3.69. The molecule has 1 aromatic rings. The largest absolute Gasteiger partial charge is 0.338 e. The molecule has 22 heavy (non-hydrogen) atoms. The van der Waals surface area contributed by atoms with Gasteiger partial charge in [-0.3, -0.25) is 9.59 Å². The molecule has 0 radical (unpaired) electrons. The summed E-state index contributed by atoms with van der Waals surface area (Å²) in [5.74, 6) is 0.766. The number of rotatable bonds is 5. The zero-order chi connectivity index (χ0) is 15.6. The molecule has 0 N–H and O–H groups in total. The number of hydrogen-bond acceptors (Lipinski definition) is 2. The highest BCUT2D eigenvalue weighted by atomic mass is 16.2. The summed E-state index contributed by atoms with van der Waals surface area (Å²) < 4.78 is 0. The Morgan fingerprint density at radius 2 is 1.73 bits per heavy atom. The van der Waals surface area contributed by atoms with Crippen LogP contribution in [0.5, 0.6) is 0 Å². The number of Topliss-reactive ketones (excluding diaryl/α,β-unsaturated/α-hetero) is 1. The number of amides is 1. The van der Waals surface area contributed by atoms with Gasteiger partial charge in [-0.15, -0.1) is 0 Å². The molecule has 0 saturated heterocycles. The molecule has 2 fully saturated rings. The van der Waals surface area contributed by atoms with Gasteiger partial charge in [-0.25, -0.2) is 0 Å². The van der Waals surface area contributed by atoms with Gasteiger partial charge in [0.2, 0.25) is 5.91 Å². The van der Waals surface area contributed by atoms with Crippen molar-refractivity contribution < 1.29 is 9.59 Å². The van der Waals surface area contributed by atoms with Crippen molar-refractivity contribution in [1.29, 1.82) is 0 Å². The zero-order valence-electron chi connectivity index (χ0n) is 13.4. The van der Waals surface area contributed by atoms with E-state index >= 15 is 0 Å². The summed E-state index contributed by atoms with van der Waals surface area (Å²) in [7, 11) is 1.78. The molecule has 118 valence electrons. The van der Waals surface area contributed by atoms with Gasteiger partial charge in [-0.2, -0.15) is 0 Å². The van der Waals surface area contributed by atoms with Crippen molar-refractivity contribution in [3.05, 3.63) is 35.9 Å². The molecule has 0 spiro atoms. The summed E-state index contributed by atoms with van der Waals surface area (Å²) in [5, 5.41) is 0. The lowest BCUT2D eigenvalue weighted by Gasteiger charge is -2.32. The van der Waals surface area contributed by atoms with Crippen LogP contribution in [-0.4, -0.2) is 30.2 Å². The van der Waals surface area contributed by atoms with E-state index in [1.807, 2.05) is 30.3 Å². The Labute approximate surface area is 132 Å². The van der Waals surface area contributed by atoms with Gasteiger partial charge in [-0.05, 0) is 31.6 Å². The summed E-state index contributed by atoms with van der Waals surface area (Å²) >= 11 is 0. The Hall–Kier alpha value is -1.64. The third kappa shape index (κ3) is 2.94. The summed E-state index contributed by atoms with van der Waals surface area (Å²) in [6, 6.07) is 9.25. The van der Waals surface area contributed by atoms with Crippen LogP contribution in [-0.2, 0) is 4.79 Å². The molecular weight excluding hydrogens is 274 g/mol.